The molecule has 0 radical (unpaired) electrons. The van der Waals surface area contributed by atoms with E-state index in [9.17, 15) is 8.78 Å². The van der Waals surface area contributed by atoms with E-state index in [0.717, 1.165) is 5.56 Å². The van der Waals surface area contributed by atoms with Crippen LogP contribution in [0.25, 0.3) is 0 Å². The lowest BCUT2D eigenvalue weighted by molar-refractivity contribution is -0.0267. The van der Waals surface area contributed by atoms with E-state index in [1.165, 1.54) is 0 Å². The number of anilines is 1. The number of alkyl halides is 2. The highest BCUT2D eigenvalue weighted by atomic mass is 19.3. The van der Waals surface area contributed by atoms with Crippen LogP contribution in [-0.4, -0.2) is 24.0 Å². The Morgan fingerprint density at radius 3 is 2.57 bits per heavy atom. The lowest BCUT2D eigenvalue weighted by Gasteiger charge is -2.39. The summed E-state index contributed by atoms with van der Waals surface area (Å²) in [6, 6.07) is 3.52. The van der Waals surface area contributed by atoms with Gasteiger partial charge in [-0.3, -0.25) is 0 Å². The molecular formula is C9H11F2N3. The summed E-state index contributed by atoms with van der Waals surface area (Å²) in [5, 5.41) is 0. The predicted molar refractivity (Wildman–Crippen MR) is 49.3 cm³/mol. The fourth-order valence-corrected chi connectivity index (χ4v) is 1.40. The van der Waals surface area contributed by atoms with Crippen LogP contribution in [0.4, 0.5) is 14.6 Å². The van der Waals surface area contributed by atoms with Crippen LogP contribution >= 0.6 is 0 Å². The number of hydrogen-bond donors (Lipinski definition) is 1. The minimum Gasteiger partial charge on any atom is -0.344 e. The van der Waals surface area contributed by atoms with E-state index >= 15 is 0 Å². The summed E-state index contributed by atoms with van der Waals surface area (Å²) in [4.78, 5) is 5.59. The third kappa shape index (κ3) is 1.68. The highest BCUT2D eigenvalue weighted by Gasteiger charge is 2.44. The molecule has 1 aromatic rings. The number of rotatable bonds is 2. The number of aromatic nitrogens is 1. The zero-order valence-electron chi connectivity index (χ0n) is 7.58. The highest BCUT2D eigenvalue weighted by molar-refractivity contribution is 5.43. The Balaban J connectivity index is 2.05. The molecule has 0 aromatic carbocycles. The normalized spacial score (nSPS) is 19.2. The lowest BCUT2D eigenvalue weighted by Crippen LogP contribution is -2.56. The first-order chi connectivity index (χ1) is 6.61. The molecule has 0 amide bonds. The second-order valence-corrected chi connectivity index (χ2v) is 3.44. The van der Waals surface area contributed by atoms with Crippen molar-refractivity contribution < 1.29 is 8.78 Å². The van der Waals surface area contributed by atoms with Gasteiger partial charge in [0.05, 0.1) is 13.1 Å². The van der Waals surface area contributed by atoms with E-state index in [1.807, 2.05) is 0 Å². The van der Waals surface area contributed by atoms with Crippen molar-refractivity contribution >= 4 is 5.82 Å². The van der Waals surface area contributed by atoms with E-state index in [4.69, 9.17) is 5.73 Å². The first kappa shape index (κ1) is 9.33. The van der Waals surface area contributed by atoms with Gasteiger partial charge < -0.3 is 10.6 Å². The van der Waals surface area contributed by atoms with Gasteiger partial charge in [-0.1, -0.05) is 6.07 Å². The van der Waals surface area contributed by atoms with E-state index < -0.39 is 5.92 Å². The largest absolute Gasteiger partial charge is 0.344 e. The third-order valence-corrected chi connectivity index (χ3v) is 2.21. The Morgan fingerprint density at radius 1 is 1.43 bits per heavy atom. The minimum atomic E-state index is -2.55. The maximum Gasteiger partial charge on any atom is 0.282 e. The molecule has 5 heteroatoms. The average Bonchev–Trinajstić information content (AvgIpc) is 2.14. The van der Waals surface area contributed by atoms with Gasteiger partial charge in [0.1, 0.15) is 5.82 Å². The molecule has 0 bridgehead atoms. The van der Waals surface area contributed by atoms with Crippen molar-refractivity contribution in [2.24, 2.45) is 5.73 Å². The Bertz CT molecular complexity index is 315. The van der Waals surface area contributed by atoms with Crippen molar-refractivity contribution in [3.63, 3.8) is 0 Å². The average molecular weight is 199 g/mol. The number of nitrogens with zero attached hydrogens (tertiary/aromatic N) is 2. The maximum absolute atomic E-state index is 12.5. The number of halogens is 2. The van der Waals surface area contributed by atoms with Crippen LogP contribution in [0.2, 0.25) is 0 Å². The molecule has 0 spiro atoms. The van der Waals surface area contributed by atoms with Gasteiger partial charge in [0, 0.05) is 12.7 Å². The van der Waals surface area contributed by atoms with Crippen molar-refractivity contribution in [2.45, 2.75) is 12.5 Å². The van der Waals surface area contributed by atoms with Gasteiger partial charge in [-0.25, -0.2) is 13.8 Å². The Labute approximate surface area is 80.5 Å². The molecular weight excluding hydrogens is 188 g/mol. The second-order valence-electron chi connectivity index (χ2n) is 3.44. The molecule has 0 unspecified atom stereocenters. The monoisotopic (exact) mass is 199 g/mol. The number of nitrogens with two attached hydrogens (primary N) is 1. The van der Waals surface area contributed by atoms with Crippen LogP contribution in [0.1, 0.15) is 5.56 Å². The zero-order valence-corrected chi connectivity index (χ0v) is 7.58. The predicted octanol–water partition coefficient (Wildman–Crippen LogP) is 0.996. The van der Waals surface area contributed by atoms with Gasteiger partial charge in [-0.2, -0.15) is 0 Å². The van der Waals surface area contributed by atoms with Crippen LogP contribution in [0.5, 0.6) is 0 Å². The van der Waals surface area contributed by atoms with Gasteiger partial charge in [0.2, 0.25) is 0 Å². The summed E-state index contributed by atoms with van der Waals surface area (Å²) in [5.41, 5.74) is 6.30. The Hall–Kier alpha value is -1.23. The summed E-state index contributed by atoms with van der Waals surface area (Å²) in [6.07, 6.45) is 1.62. The van der Waals surface area contributed by atoms with Crippen molar-refractivity contribution in [3.05, 3.63) is 23.9 Å². The van der Waals surface area contributed by atoms with Gasteiger partial charge in [-0.05, 0) is 11.6 Å². The highest BCUT2D eigenvalue weighted by Crippen LogP contribution is 2.30. The maximum atomic E-state index is 12.5. The van der Waals surface area contributed by atoms with Crippen LogP contribution in [0.15, 0.2) is 18.3 Å². The standard InChI is InChI=1S/C9H11F2N3/c10-9(11)5-14(6-9)8-2-1-7(3-12)4-13-8/h1-2,4H,3,5-6,12H2. The van der Waals surface area contributed by atoms with Crippen LogP contribution in [0, 0.1) is 0 Å². The van der Waals surface area contributed by atoms with Gasteiger partial charge >= 0.3 is 0 Å². The fourth-order valence-electron chi connectivity index (χ4n) is 1.40. The molecule has 1 aliphatic rings. The lowest BCUT2D eigenvalue weighted by atomic mass is 10.1. The van der Waals surface area contributed by atoms with Crippen LogP contribution in [-0.2, 0) is 6.54 Å². The summed E-state index contributed by atoms with van der Waals surface area (Å²) < 4.78 is 25.1. The van der Waals surface area contributed by atoms with E-state index in [-0.39, 0.29) is 13.1 Å². The summed E-state index contributed by atoms with van der Waals surface area (Å²) >= 11 is 0. The summed E-state index contributed by atoms with van der Waals surface area (Å²) in [6.45, 7) is -0.0482. The molecule has 2 N–H and O–H groups in total. The van der Waals surface area contributed by atoms with Gasteiger partial charge in [0.25, 0.3) is 5.92 Å². The molecule has 1 fully saturated rings. The summed E-state index contributed by atoms with van der Waals surface area (Å²) in [7, 11) is 0. The van der Waals surface area contributed by atoms with Crippen LogP contribution in [0.3, 0.4) is 0 Å². The molecule has 1 aromatic heterocycles. The Kier molecular flexibility index (Phi) is 2.11. The summed E-state index contributed by atoms with van der Waals surface area (Å²) in [5.74, 6) is -1.96. The van der Waals surface area contributed by atoms with Crippen molar-refractivity contribution in [3.8, 4) is 0 Å². The molecule has 1 saturated heterocycles. The topological polar surface area (TPSA) is 42.1 Å². The fraction of sp³-hybridized carbons (Fsp3) is 0.444. The Morgan fingerprint density at radius 2 is 2.14 bits per heavy atom. The van der Waals surface area contributed by atoms with Crippen molar-refractivity contribution in [1.29, 1.82) is 0 Å². The van der Waals surface area contributed by atoms with Gasteiger partial charge in [0.15, 0.2) is 0 Å². The van der Waals surface area contributed by atoms with Crippen molar-refractivity contribution in [2.75, 3.05) is 18.0 Å². The molecule has 2 heterocycles. The molecule has 1 aliphatic heterocycles. The minimum absolute atomic E-state index is 0.234. The van der Waals surface area contributed by atoms with Gasteiger partial charge in [-0.15, -0.1) is 0 Å². The van der Waals surface area contributed by atoms with E-state index in [0.29, 0.717) is 12.4 Å². The van der Waals surface area contributed by atoms with Crippen LogP contribution < -0.4 is 10.6 Å². The molecule has 0 aliphatic carbocycles. The molecule has 14 heavy (non-hydrogen) atoms. The quantitative estimate of drug-likeness (QED) is 0.772. The first-order valence-corrected chi connectivity index (χ1v) is 4.38. The van der Waals surface area contributed by atoms with E-state index in [1.54, 1.807) is 23.2 Å². The second kappa shape index (κ2) is 3.16. The SMILES string of the molecule is NCc1ccc(N2CC(F)(F)C2)nc1. The molecule has 2 rings (SSSR count). The first-order valence-electron chi connectivity index (χ1n) is 4.38. The van der Waals surface area contributed by atoms with Crippen molar-refractivity contribution in [1.82, 2.24) is 4.98 Å². The molecule has 3 nitrogen and oxygen atoms in total. The third-order valence-electron chi connectivity index (χ3n) is 2.21. The van der Waals surface area contributed by atoms with E-state index in [2.05, 4.69) is 4.98 Å². The molecule has 0 saturated carbocycles. The zero-order chi connectivity index (χ0) is 10.2. The molecule has 76 valence electrons. The number of hydrogen-bond acceptors (Lipinski definition) is 3. The smallest absolute Gasteiger partial charge is 0.282 e. The number of pyridine rings is 1. The molecule has 0 atom stereocenters.